The molecule has 0 aliphatic heterocycles. The van der Waals surface area contributed by atoms with E-state index >= 15 is 0 Å². The maximum Gasteiger partial charge on any atom is 0.362 e. The molecule has 0 rings (SSSR count). The molecule has 0 bridgehead atoms. The van der Waals surface area contributed by atoms with Gasteiger partial charge in [0.25, 0.3) is 0 Å². The second kappa shape index (κ2) is 46.1. The van der Waals surface area contributed by atoms with Crippen LogP contribution in [0.25, 0.3) is 0 Å². The van der Waals surface area contributed by atoms with E-state index in [1.165, 1.54) is 96.3 Å². The lowest BCUT2D eigenvalue weighted by molar-refractivity contribution is -0.887. The van der Waals surface area contributed by atoms with Crippen molar-refractivity contribution >= 4 is 17.9 Å². The van der Waals surface area contributed by atoms with Crippen molar-refractivity contribution < 1.29 is 38.2 Å². The highest BCUT2D eigenvalue weighted by atomic mass is 16.6. The van der Waals surface area contributed by atoms with Crippen molar-refractivity contribution in [3.05, 3.63) is 85.1 Å². The molecule has 8 nitrogen and oxygen atoms in total. The second-order valence-electron chi connectivity index (χ2n) is 18.1. The molecule has 0 aromatic carbocycles. The van der Waals surface area contributed by atoms with Gasteiger partial charge in [-0.25, -0.2) is 4.79 Å². The number of esters is 2. The highest BCUT2D eigenvalue weighted by Crippen LogP contribution is 2.14. The number of hydrogen-bond acceptors (Lipinski definition) is 6. The molecule has 2 atom stereocenters. The average molecular weight is 895 g/mol. The van der Waals surface area contributed by atoms with E-state index in [4.69, 9.17) is 14.2 Å². The van der Waals surface area contributed by atoms with Gasteiger partial charge < -0.3 is 23.8 Å². The number of carboxylic acid groups (broad SMARTS) is 1. The summed E-state index contributed by atoms with van der Waals surface area (Å²) < 4.78 is 17.3. The predicted octanol–water partition coefficient (Wildman–Crippen LogP) is 14.9. The van der Waals surface area contributed by atoms with Gasteiger partial charge in [0, 0.05) is 19.3 Å². The average Bonchev–Trinajstić information content (AvgIpc) is 3.26. The summed E-state index contributed by atoms with van der Waals surface area (Å²) in [7, 11) is 5.51. The van der Waals surface area contributed by atoms with Crippen LogP contribution in [0.3, 0.4) is 0 Å². The van der Waals surface area contributed by atoms with E-state index in [0.29, 0.717) is 25.7 Å². The Kier molecular flexibility index (Phi) is 43.5. The number of hydrogen-bond donors (Lipinski definition) is 1. The number of carbonyl (C=O) groups excluding carboxylic acids is 2. The van der Waals surface area contributed by atoms with E-state index in [0.717, 1.165) is 64.2 Å². The van der Waals surface area contributed by atoms with Crippen LogP contribution in [0.2, 0.25) is 0 Å². The number of carboxylic acids is 1. The van der Waals surface area contributed by atoms with Crippen LogP contribution in [0.4, 0.5) is 0 Å². The first kappa shape index (κ1) is 60.5. The van der Waals surface area contributed by atoms with Crippen LogP contribution >= 0.6 is 0 Å². The zero-order valence-corrected chi connectivity index (χ0v) is 41.7. The summed E-state index contributed by atoms with van der Waals surface area (Å²) in [5, 5.41) is 9.65. The largest absolute Gasteiger partial charge is 0.477 e. The Bertz CT molecular complexity index is 1320. The molecule has 0 aliphatic carbocycles. The molecule has 0 saturated heterocycles. The number of quaternary nitrogens is 1. The highest BCUT2D eigenvalue weighted by Gasteiger charge is 2.31. The minimum atomic E-state index is -0.884. The van der Waals surface area contributed by atoms with Crippen molar-refractivity contribution in [2.75, 3.05) is 41.0 Å². The third-order valence-corrected chi connectivity index (χ3v) is 11.0. The maximum atomic E-state index is 12.8. The summed E-state index contributed by atoms with van der Waals surface area (Å²) in [5.74, 6) is -1.53. The first-order valence-corrected chi connectivity index (χ1v) is 25.6. The Hall–Kier alpha value is -3.49. The van der Waals surface area contributed by atoms with Crippen molar-refractivity contribution in [2.24, 2.45) is 0 Å². The number of unbranched alkanes of at least 4 members (excludes halogenated alkanes) is 18. The molecule has 0 radical (unpaired) electrons. The van der Waals surface area contributed by atoms with Gasteiger partial charge in [-0.3, -0.25) is 9.59 Å². The highest BCUT2D eigenvalue weighted by molar-refractivity contribution is 5.72. The van der Waals surface area contributed by atoms with Crippen molar-refractivity contribution in [2.45, 2.75) is 212 Å². The second-order valence-corrected chi connectivity index (χ2v) is 18.1. The van der Waals surface area contributed by atoms with Crippen LogP contribution in [-0.4, -0.2) is 80.6 Å². The molecule has 366 valence electrons. The molecular weight excluding hydrogens is 799 g/mol. The molecule has 0 spiro atoms. The van der Waals surface area contributed by atoms with E-state index in [1.54, 1.807) is 0 Å². The van der Waals surface area contributed by atoms with Gasteiger partial charge in [-0.15, -0.1) is 0 Å². The lowest BCUT2D eigenvalue weighted by Gasteiger charge is -2.31. The Morgan fingerprint density at radius 1 is 0.484 bits per heavy atom. The smallest absolute Gasteiger partial charge is 0.362 e. The molecule has 64 heavy (non-hydrogen) atoms. The van der Waals surface area contributed by atoms with Crippen molar-refractivity contribution in [1.82, 2.24) is 0 Å². The van der Waals surface area contributed by atoms with Crippen molar-refractivity contribution in [3.8, 4) is 0 Å². The third-order valence-electron chi connectivity index (χ3n) is 11.0. The van der Waals surface area contributed by atoms with Gasteiger partial charge in [-0.1, -0.05) is 176 Å². The van der Waals surface area contributed by atoms with E-state index in [9.17, 15) is 19.5 Å². The topological polar surface area (TPSA) is 99.1 Å². The molecule has 0 saturated carbocycles. The van der Waals surface area contributed by atoms with Gasteiger partial charge in [0.15, 0.2) is 12.1 Å². The monoisotopic (exact) mass is 895 g/mol. The molecular formula is C56H96NO7+. The molecule has 2 unspecified atom stereocenters. The van der Waals surface area contributed by atoms with Crippen LogP contribution in [0.15, 0.2) is 85.1 Å². The normalized spacial score (nSPS) is 13.6. The Morgan fingerprint density at radius 2 is 0.875 bits per heavy atom. The maximum absolute atomic E-state index is 12.8. The summed E-state index contributed by atoms with van der Waals surface area (Å²) in [5.41, 5.74) is 0. The van der Waals surface area contributed by atoms with Crippen LogP contribution in [0, 0.1) is 0 Å². The van der Waals surface area contributed by atoms with Gasteiger partial charge in [0.2, 0.25) is 0 Å². The number of ether oxygens (including phenoxy) is 3. The zero-order valence-electron chi connectivity index (χ0n) is 41.7. The van der Waals surface area contributed by atoms with Gasteiger partial charge in [0.05, 0.1) is 34.4 Å². The number of rotatable bonds is 45. The third kappa shape index (κ3) is 43.7. The standard InChI is InChI=1S/C56H95NO7/c1-6-8-10-12-14-16-18-20-22-24-26-27-29-30-32-34-36-38-40-42-44-46-54(58)63-51-52(50-62-49-48-53(56(60)61)57(3,4)5)64-55(59)47-45-43-41-39-37-35-33-31-28-25-23-21-19-17-15-13-11-9-7-2/h14-17,19-22,26-27,30,32,36,38,52-53H,6-13,18,23-25,28-29,31,33-35,37,39-51H2,1-5H3/p+1/b16-14+,17-15+,21-19+,22-20+,27-26+,32-30+,38-36+. The molecule has 8 heteroatoms. The summed E-state index contributed by atoms with van der Waals surface area (Å²) >= 11 is 0. The number of nitrogens with zero attached hydrogens (tertiary/aromatic N) is 1. The van der Waals surface area contributed by atoms with Gasteiger partial charge in [0.1, 0.15) is 6.61 Å². The summed E-state index contributed by atoms with van der Waals surface area (Å²) in [6.45, 7) is 4.63. The van der Waals surface area contributed by atoms with Crippen molar-refractivity contribution in [1.29, 1.82) is 0 Å². The quantitative estimate of drug-likeness (QED) is 0.0214. The molecule has 1 N–H and O–H groups in total. The van der Waals surface area contributed by atoms with E-state index < -0.39 is 18.1 Å². The SMILES string of the molecule is CCCCC/C=C/C=C/CCCCCCCCCCCCC(=O)OC(COCCC(C(=O)O)[N+](C)(C)C)COC(=O)CCCC/C=C/C/C=C/C/C=C/C/C=C/C/C=C/CCCCC. The minimum absolute atomic E-state index is 0.0416. The number of allylic oxidation sites excluding steroid dienone is 14. The summed E-state index contributed by atoms with van der Waals surface area (Å²) in [6, 6.07) is -0.627. The summed E-state index contributed by atoms with van der Waals surface area (Å²) in [6.07, 6.45) is 60.6. The molecule has 0 aliphatic rings. The number of aliphatic carboxylic acids is 1. The van der Waals surface area contributed by atoms with E-state index in [-0.39, 0.29) is 36.2 Å². The first-order chi connectivity index (χ1) is 31.1. The number of carbonyl (C=O) groups is 3. The molecule has 0 aromatic rings. The molecule has 0 heterocycles. The van der Waals surface area contributed by atoms with Gasteiger partial charge >= 0.3 is 17.9 Å². The molecule has 0 aromatic heterocycles. The Balaban J connectivity index is 4.36. The molecule has 0 amide bonds. The minimum Gasteiger partial charge on any atom is -0.477 e. The fourth-order valence-corrected chi connectivity index (χ4v) is 7.04. The van der Waals surface area contributed by atoms with Crippen LogP contribution < -0.4 is 0 Å². The molecule has 0 fully saturated rings. The van der Waals surface area contributed by atoms with Crippen LogP contribution in [0.5, 0.6) is 0 Å². The Labute approximate surface area is 393 Å². The van der Waals surface area contributed by atoms with Gasteiger partial charge in [-0.2, -0.15) is 0 Å². The number of likely N-dealkylation sites (N-methyl/N-ethyl adjacent to an activating group) is 1. The first-order valence-electron chi connectivity index (χ1n) is 25.6. The van der Waals surface area contributed by atoms with Crippen LogP contribution in [-0.2, 0) is 28.6 Å². The fourth-order valence-electron chi connectivity index (χ4n) is 7.04. The van der Waals surface area contributed by atoms with Gasteiger partial charge in [-0.05, 0) is 89.9 Å². The fraction of sp³-hybridized carbons (Fsp3) is 0.696. The van der Waals surface area contributed by atoms with E-state index in [1.807, 2.05) is 21.1 Å². The van der Waals surface area contributed by atoms with E-state index in [2.05, 4.69) is 98.9 Å². The lowest BCUT2D eigenvalue weighted by Crippen LogP contribution is -2.50. The van der Waals surface area contributed by atoms with Crippen LogP contribution in [0.1, 0.15) is 200 Å². The lowest BCUT2D eigenvalue weighted by atomic mass is 10.1. The van der Waals surface area contributed by atoms with Crippen molar-refractivity contribution in [3.63, 3.8) is 0 Å². The zero-order chi connectivity index (χ0) is 47.0. The summed E-state index contributed by atoms with van der Waals surface area (Å²) in [4.78, 5) is 37.2. The Morgan fingerprint density at radius 3 is 1.34 bits per heavy atom. The predicted molar refractivity (Wildman–Crippen MR) is 270 cm³/mol.